The standard InChI is InChI=1S/C27H47NO2.C2H4O.C2H6/c1-17(2)8-7-9-18(3)19-10-11-20-25-21(12-14-26(19,20)4)27(5)15-13-24(30)28(6)23(27)16-22(25)29;1-2-3;1-2/h17-23,25,29H,7-16H2,1-6H3;2H,1H3;1-2H3/t18?,19?,20?,21?,22-,23?,25?,26+,27+;;/m0../s1. The van der Waals surface area contributed by atoms with Crippen molar-refractivity contribution in [3.8, 4) is 0 Å². The summed E-state index contributed by atoms with van der Waals surface area (Å²) < 4.78 is 0. The van der Waals surface area contributed by atoms with Gasteiger partial charge in [-0.3, -0.25) is 4.79 Å². The normalized spacial score (nSPS) is 40.9. The van der Waals surface area contributed by atoms with Crippen molar-refractivity contribution in [2.24, 2.45) is 46.3 Å². The SMILES string of the molecule is CC.CC(C)CCCC(C)C1CCC2C3C(CC[C@]12C)[C@@]1(C)CCC(=O)N(C)C1C[C@@H]3O.CC=O. The molecule has 1 heterocycles. The van der Waals surface area contributed by atoms with E-state index in [1.807, 2.05) is 25.8 Å². The summed E-state index contributed by atoms with van der Waals surface area (Å²) in [5.74, 6) is 4.41. The molecular weight excluding hydrogens is 434 g/mol. The first-order valence-electron chi connectivity index (χ1n) is 14.8. The van der Waals surface area contributed by atoms with E-state index in [1.54, 1.807) is 0 Å². The number of hydrogen-bond donors (Lipinski definition) is 1. The van der Waals surface area contributed by atoms with Crippen molar-refractivity contribution in [2.75, 3.05) is 7.05 Å². The van der Waals surface area contributed by atoms with E-state index in [-0.39, 0.29) is 23.5 Å². The Kier molecular flexibility index (Phi) is 10.9. The average molecular weight is 492 g/mol. The van der Waals surface area contributed by atoms with Crippen molar-refractivity contribution in [3.63, 3.8) is 0 Å². The third-order valence-electron chi connectivity index (χ3n) is 10.8. The third kappa shape index (κ3) is 5.83. The second-order valence-corrected chi connectivity index (χ2v) is 12.9. The summed E-state index contributed by atoms with van der Waals surface area (Å²) in [5.41, 5.74) is 0.591. The number of amides is 1. The van der Waals surface area contributed by atoms with Gasteiger partial charge >= 0.3 is 0 Å². The fourth-order valence-corrected chi connectivity index (χ4v) is 9.11. The van der Waals surface area contributed by atoms with Crippen LogP contribution in [0.25, 0.3) is 0 Å². The zero-order chi connectivity index (χ0) is 26.6. The zero-order valence-corrected chi connectivity index (χ0v) is 24.5. The molecule has 3 aliphatic carbocycles. The molecule has 0 radical (unpaired) electrons. The maximum Gasteiger partial charge on any atom is 0.222 e. The van der Waals surface area contributed by atoms with Gasteiger partial charge in [-0.15, -0.1) is 0 Å². The van der Waals surface area contributed by atoms with Gasteiger partial charge in [-0.25, -0.2) is 0 Å². The molecule has 1 aliphatic heterocycles. The number of nitrogens with zero attached hydrogens (tertiary/aromatic N) is 1. The minimum absolute atomic E-state index is 0.189. The van der Waals surface area contributed by atoms with Gasteiger partial charge in [-0.1, -0.05) is 67.7 Å². The molecule has 0 spiro atoms. The summed E-state index contributed by atoms with van der Waals surface area (Å²) >= 11 is 0. The predicted molar refractivity (Wildman–Crippen MR) is 146 cm³/mol. The molecule has 0 bridgehead atoms. The minimum Gasteiger partial charge on any atom is -0.393 e. The van der Waals surface area contributed by atoms with E-state index in [2.05, 4.69) is 34.6 Å². The Morgan fingerprint density at radius 1 is 1.03 bits per heavy atom. The number of likely N-dealkylation sites (tertiary alicyclic amines) is 1. The number of aliphatic hydroxyl groups is 1. The van der Waals surface area contributed by atoms with E-state index in [0.717, 1.165) is 36.9 Å². The van der Waals surface area contributed by atoms with Gasteiger partial charge in [0, 0.05) is 19.5 Å². The second kappa shape index (κ2) is 12.6. The van der Waals surface area contributed by atoms with Crippen LogP contribution in [0.15, 0.2) is 0 Å². The van der Waals surface area contributed by atoms with Crippen LogP contribution in [0.5, 0.6) is 0 Å². The summed E-state index contributed by atoms with van der Waals surface area (Å²) in [6.07, 6.45) is 12.4. The quantitative estimate of drug-likeness (QED) is 0.416. The molecule has 0 aromatic heterocycles. The highest BCUT2D eigenvalue weighted by molar-refractivity contribution is 5.77. The van der Waals surface area contributed by atoms with Crippen LogP contribution in [0.1, 0.15) is 120 Å². The predicted octanol–water partition coefficient (Wildman–Crippen LogP) is 7.13. The van der Waals surface area contributed by atoms with Crippen molar-refractivity contribution in [2.45, 2.75) is 132 Å². The highest BCUT2D eigenvalue weighted by Gasteiger charge is 2.63. The van der Waals surface area contributed by atoms with E-state index in [1.165, 1.54) is 51.9 Å². The van der Waals surface area contributed by atoms with Crippen LogP contribution in [0.2, 0.25) is 0 Å². The van der Waals surface area contributed by atoms with Gasteiger partial charge < -0.3 is 14.8 Å². The zero-order valence-electron chi connectivity index (χ0n) is 24.5. The van der Waals surface area contributed by atoms with Crippen LogP contribution in [-0.4, -0.2) is 41.4 Å². The largest absolute Gasteiger partial charge is 0.393 e. The van der Waals surface area contributed by atoms with Crippen molar-refractivity contribution in [1.82, 2.24) is 4.90 Å². The number of carbonyl (C=O) groups is 2. The Morgan fingerprint density at radius 3 is 2.23 bits per heavy atom. The lowest BCUT2D eigenvalue weighted by atomic mass is 9.45. The average Bonchev–Trinajstić information content (AvgIpc) is 3.17. The first-order chi connectivity index (χ1) is 16.5. The highest BCUT2D eigenvalue weighted by Crippen LogP contribution is 2.67. The summed E-state index contributed by atoms with van der Waals surface area (Å²) in [7, 11) is 1.98. The first kappa shape index (κ1) is 30.3. The molecule has 6 unspecified atom stereocenters. The van der Waals surface area contributed by atoms with Crippen molar-refractivity contribution in [1.29, 1.82) is 0 Å². The van der Waals surface area contributed by atoms with Crippen molar-refractivity contribution in [3.05, 3.63) is 0 Å². The van der Waals surface area contributed by atoms with Crippen molar-refractivity contribution < 1.29 is 14.7 Å². The Bertz CT molecular complexity index is 693. The Hall–Kier alpha value is -0.900. The van der Waals surface area contributed by atoms with Gasteiger partial charge in [-0.2, -0.15) is 0 Å². The molecule has 4 heteroatoms. The van der Waals surface area contributed by atoms with E-state index >= 15 is 0 Å². The van der Waals surface area contributed by atoms with E-state index in [0.29, 0.717) is 29.6 Å². The van der Waals surface area contributed by atoms with Gasteiger partial charge in [0.25, 0.3) is 0 Å². The van der Waals surface area contributed by atoms with Crippen LogP contribution in [-0.2, 0) is 9.59 Å². The number of rotatable bonds is 5. The summed E-state index contributed by atoms with van der Waals surface area (Å²) in [5, 5.41) is 11.4. The van der Waals surface area contributed by atoms with Gasteiger partial charge in [0.15, 0.2) is 0 Å². The highest BCUT2D eigenvalue weighted by atomic mass is 16.3. The Morgan fingerprint density at radius 2 is 1.63 bits per heavy atom. The Balaban J connectivity index is 0.000000803. The van der Waals surface area contributed by atoms with Crippen LogP contribution < -0.4 is 0 Å². The lowest BCUT2D eigenvalue weighted by Crippen LogP contribution is -2.64. The van der Waals surface area contributed by atoms with Crippen molar-refractivity contribution >= 4 is 12.2 Å². The smallest absolute Gasteiger partial charge is 0.222 e. The number of carbonyl (C=O) groups excluding carboxylic acids is 2. The molecule has 204 valence electrons. The van der Waals surface area contributed by atoms with E-state index in [9.17, 15) is 9.90 Å². The first-order valence-corrected chi connectivity index (χ1v) is 14.8. The molecule has 4 nitrogen and oxygen atoms in total. The number of aldehydes is 1. The molecule has 0 aromatic carbocycles. The molecule has 35 heavy (non-hydrogen) atoms. The van der Waals surface area contributed by atoms with Crippen LogP contribution in [0.3, 0.4) is 0 Å². The summed E-state index contributed by atoms with van der Waals surface area (Å²) in [6, 6.07) is 0.228. The van der Waals surface area contributed by atoms with Crippen LogP contribution in [0, 0.1) is 46.3 Å². The summed E-state index contributed by atoms with van der Waals surface area (Å²) in [6.45, 7) is 17.7. The lowest BCUT2D eigenvalue weighted by Gasteiger charge is -2.63. The molecule has 9 atom stereocenters. The number of hydrogen-bond acceptors (Lipinski definition) is 3. The van der Waals surface area contributed by atoms with Gasteiger partial charge in [-0.05, 0) is 91.8 Å². The molecule has 4 rings (SSSR count). The second-order valence-electron chi connectivity index (χ2n) is 12.9. The molecule has 0 aromatic rings. The molecule has 4 aliphatic rings. The van der Waals surface area contributed by atoms with Crippen LogP contribution >= 0.6 is 0 Å². The topological polar surface area (TPSA) is 57.6 Å². The van der Waals surface area contributed by atoms with Gasteiger partial charge in [0.2, 0.25) is 5.91 Å². The summed E-state index contributed by atoms with van der Waals surface area (Å²) in [4.78, 5) is 23.2. The molecule has 3 saturated carbocycles. The Labute approximate surface area is 217 Å². The van der Waals surface area contributed by atoms with Crippen LogP contribution in [0.4, 0.5) is 0 Å². The number of aliphatic hydroxyl groups excluding tert-OH is 1. The van der Waals surface area contributed by atoms with Gasteiger partial charge in [0.1, 0.15) is 6.29 Å². The monoisotopic (exact) mass is 491 g/mol. The minimum atomic E-state index is -0.235. The number of piperidine rings is 1. The maximum atomic E-state index is 12.4. The van der Waals surface area contributed by atoms with E-state index in [4.69, 9.17) is 4.79 Å². The molecule has 1 amide bonds. The fourth-order valence-electron chi connectivity index (χ4n) is 9.11. The van der Waals surface area contributed by atoms with E-state index < -0.39 is 0 Å². The maximum absolute atomic E-state index is 12.4. The molecule has 1 N–H and O–H groups in total. The molecule has 4 fully saturated rings. The fraction of sp³-hybridized carbons (Fsp3) is 0.935. The molecular formula is C31H57NO3. The molecule has 1 saturated heterocycles. The number of fused-ring (bicyclic) bond motifs is 5. The lowest BCUT2D eigenvalue weighted by molar-refractivity contribution is -0.181. The van der Waals surface area contributed by atoms with Gasteiger partial charge in [0.05, 0.1) is 6.10 Å². The third-order valence-corrected chi connectivity index (χ3v) is 10.8.